The summed E-state index contributed by atoms with van der Waals surface area (Å²) < 4.78 is 0. The first kappa shape index (κ1) is 5.45. The summed E-state index contributed by atoms with van der Waals surface area (Å²) in [5.74, 6) is 2.66. The minimum atomic E-state index is 0.500. The fourth-order valence-electron chi connectivity index (χ4n) is 2.27. The maximum Gasteiger partial charge on any atom is 0.136 e. The molecule has 0 aromatic rings. The number of fused-ring (bicyclic) bond motifs is 1. The van der Waals surface area contributed by atoms with Gasteiger partial charge in [0.15, 0.2) is 0 Å². The molecule has 0 spiro atoms. The number of ketones is 1. The number of carbonyl (C=O) groups is 1. The third-order valence-electron chi connectivity index (χ3n) is 2.81. The third kappa shape index (κ3) is 0.637. The quantitative estimate of drug-likeness (QED) is 0.479. The molecule has 3 atom stereocenters. The third-order valence-corrected chi connectivity index (χ3v) is 2.81. The van der Waals surface area contributed by atoms with Gasteiger partial charge in [-0.15, -0.1) is 0 Å². The lowest BCUT2D eigenvalue weighted by Crippen LogP contribution is -2.32. The summed E-state index contributed by atoms with van der Waals surface area (Å²) in [5, 5.41) is 0. The Balaban J connectivity index is 2.08. The Kier molecular flexibility index (Phi) is 0.961. The summed E-state index contributed by atoms with van der Waals surface area (Å²) in [6.07, 6.45) is 3.40. The van der Waals surface area contributed by atoms with Crippen molar-refractivity contribution in [1.82, 2.24) is 0 Å². The van der Waals surface area contributed by atoms with Gasteiger partial charge in [0.25, 0.3) is 0 Å². The molecule has 0 amide bonds. The van der Waals surface area contributed by atoms with Crippen LogP contribution in [-0.4, -0.2) is 5.78 Å². The van der Waals surface area contributed by atoms with Gasteiger partial charge in [0.05, 0.1) is 0 Å². The Morgan fingerprint density at radius 1 is 1.44 bits per heavy atom. The number of carbonyl (C=O) groups excluding carboxylic acids is 1. The Hall–Kier alpha value is -0.330. The first-order chi connectivity index (χ1) is 4.27. The second-order valence-corrected chi connectivity index (χ2v) is 3.61. The molecular formula is C8H12O. The van der Waals surface area contributed by atoms with Crippen molar-refractivity contribution in [2.24, 2.45) is 17.8 Å². The number of hydrogen-bond donors (Lipinski definition) is 0. The summed E-state index contributed by atoms with van der Waals surface area (Å²) in [4.78, 5) is 10.9. The topological polar surface area (TPSA) is 17.1 Å². The van der Waals surface area contributed by atoms with Gasteiger partial charge in [-0.05, 0) is 24.7 Å². The molecule has 3 unspecified atom stereocenters. The van der Waals surface area contributed by atoms with E-state index in [0.29, 0.717) is 11.7 Å². The standard InChI is InChI=1S/C8H12O/c1-5-2-6-4-8(9)7(6)3-5/h5-7H,2-4H2,1H3. The van der Waals surface area contributed by atoms with Gasteiger partial charge in [-0.1, -0.05) is 6.92 Å². The van der Waals surface area contributed by atoms with E-state index in [4.69, 9.17) is 0 Å². The molecule has 0 bridgehead atoms. The van der Waals surface area contributed by atoms with E-state index in [-0.39, 0.29) is 0 Å². The highest BCUT2D eigenvalue weighted by Gasteiger charge is 2.45. The zero-order valence-corrected chi connectivity index (χ0v) is 5.76. The molecule has 50 valence electrons. The molecule has 2 saturated carbocycles. The van der Waals surface area contributed by atoms with Crippen LogP contribution in [0.1, 0.15) is 26.2 Å². The van der Waals surface area contributed by atoms with Crippen molar-refractivity contribution in [1.29, 1.82) is 0 Å². The van der Waals surface area contributed by atoms with Crippen LogP contribution in [0.2, 0.25) is 0 Å². The monoisotopic (exact) mass is 124 g/mol. The van der Waals surface area contributed by atoms with E-state index in [0.717, 1.165) is 18.3 Å². The molecule has 2 aliphatic carbocycles. The zero-order valence-electron chi connectivity index (χ0n) is 5.76. The highest BCUT2D eigenvalue weighted by Crippen LogP contribution is 2.46. The molecule has 2 rings (SSSR count). The van der Waals surface area contributed by atoms with E-state index in [2.05, 4.69) is 6.92 Å². The lowest BCUT2D eigenvalue weighted by Gasteiger charge is -2.27. The van der Waals surface area contributed by atoms with Crippen molar-refractivity contribution in [3.8, 4) is 0 Å². The first-order valence-corrected chi connectivity index (χ1v) is 3.80. The minimum absolute atomic E-state index is 0.500. The molecule has 2 fully saturated rings. The van der Waals surface area contributed by atoms with E-state index in [1.54, 1.807) is 0 Å². The second kappa shape index (κ2) is 1.59. The van der Waals surface area contributed by atoms with Gasteiger partial charge in [0, 0.05) is 12.3 Å². The second-order valence-electron chi connectivity index (χ2n) is 3.61. The normalized spacial score (nSPS) is 48.6. The van der Waals surface area contributed by atoms with Gasteiger partial charge in [-0.3, -0.25) is 4.79 Å². The Morgan fingerprint density at radius 2 is 2.22 bits per heavy atom. The average molecular weight is 124 g/mol. The van der Waals surface area contributed by atoms with E-state index >= 15 is 0 Å². The fraction of sp³-hybridized carbons (Fsp3) is 0.875. The Bertz CT molecular complexity index is 151. The molecule has 0 aliphatic heterocycles. The Morgan fingerprint density at radius 3 is 2.67 bits per heavy atom. The lowest BCUT2D eigenvalue weighted by molar-refractivity contribution is -0.132. The summed E-state index contributed by atoms with van der Waals surface area (Å²) in [5.41, 5.74) is 0. The minimum Gasteiger partial charge on any atom is -0.299 e. The largest absolute Gasteiger partial charge is 0.299 e. The van der Waals surface area contributed by atoms with Crippen LogP contribution in [-0.2, 0) is 4.79 Å². The predicted molar refractivity (Wildman–Crippen MR) is 35.0 cm³/mol. The van der Waals surface area contributed by atoms with Gasteiger partial charge in [-0.25, -0.2) is 0 Å². The van der Waals surface area contributed by atoms with Gasteiger partial charge in [-0.2, -0.15) is 0 Å². The zero-order chi connectivity index (χ0) is 6.43. The van der Waals surface area contributed by atoms with Crippen LogP contribution in [0.15, 0.2) is 0 Å². The molecule has 0 radical (unpaired) electrons. The van der Waals surface area contributed by atoms with Crippen LogP contribution in [0.3, 0.4) is 0 Å². The predicted octanol–water partition coefficient (Wildman–Crippen LogP) is 1.62. The van der Waals surface area contributed by atoms with Crippen molar-refractivity contribution in [2.45, 2.75) is 26.2 Å². The van der Waals surface area contributed by atoms with E-state index in [1.165, 1.54) is 12.8 Å². The van der Waals surface area contributed by atoms with Crippen LogP contribution in [0.4, 0.5) is 0 Å². The summed E-state index contributed by atoms with van der Waals surface area (Å²) in [6, 6.07) is 0. The number of Topliss-reactive ketones (excluding diaryl/α,β-unsaturated/α-hetero) is 1. The van der Waals surface area contributed by atoms with Gasteiger partial charge >= 0.3 is 0 Å². The molecule has 0 aromatic carbocycles. The first-order valence-electron chi connectivity index (χ1n) is 3.80. The molecule has 1 nitrogen and oxygen atoms in total. The van der Waals surface area contributed by atoms with Crippen LogP contribution in [0.25, 0.3) is 0 Å². The molecule has 9 heavy (non-hydrogen) atoms. The summed E-state index contributed by atoms with van der Waals surface area (Å²) in [7, 11) is 0. The van der Waals surface area contributed by atoms with Gasteiger partial charge in [0.1, 0.15) is 5.78 Å². The number of hydrogen-bond acceptors (Lipinski definition) is 1. The Labute approximate surface area is 55.4 Å². The van der Waals surface area contributed by atoms with Gasteiger partial charge in [0.2, 0.25) is 0 Å². The maximum absolute atomic E-state index is 10.9. The van der Waals surface area contributed by atoms with E-state index in [1.807, 2.05) is 0 Å². The average Bonchev–Trinajstić information content (AvgIpc) is 2.08. The van der Waals surface area contributed by atoms with Gasteiger partial charge < -0.3 is 0 Å². The van der Waals surface area contributed by atoms with Crippen molar-refractivity contribution in [3.63, 3.8) is 0 Å². The van der Waals surface area contributed by atoms with Crippen molar-refractivity contribution in [2.75, 3.05) is 0 Å². The SMILES string of the molecule is CC1CC2CC(=O)C2C1. The van der Waals surface area contributed by atoms with Crippen LogP contribution < -0.4 is 0 Å². The van der Waals surface area contributed by atoms with Crippen LogP contribution >= 0.6 is 0 Å². The molecular weight excluding hydrogens is 112 g/mol. The molecule has 2 aliphatic rings. The molecule has 0 N–H and O–H groups in total. The highest BCUT2D eigenvalue weighted by atomic mass is 16.1. The van der Waals surface area contributed by atoms with Crippen molar-refractivity contribution >= 4 is 5.78 Å². The van der Waals surface area contributed by atoms with Crippen molar-refractivity contribution < 1.29 is 4.79 Å². The van der Waals surface area contributed by atoms with Crippen LogP contribution in [0.5, 0.6) is 0 Å². The van der Waals surface area contributed by atoms with Crippen molar-refractivity contribution in [3.05, 3.63) is 0 Å². The maximum atomic E-state index is 10.9. The number of rotatable bonds is 0. The lowest BCUT2D eigenvalue weighted by atomic mass is 9.75. The molecule has 0 aromatic heterocycles. The van der Waals surface area contributed by atoms with E-state index in [9.17, 15) is 4.79 Å². The summed E-state index contributed by atoms with van der Waals surface area (Å²) >= 11 is 0. The molecule has 1 heteroatoms. The smallest absolute Gasteiger partial charge is 0.136 e. The molecule has 0 saturated heterocycles. The highest BCUT2D eigenvalue weighted by molar-refractivity contribution is 5.87. The van der Waals surface area contributed by atoms with E-state index < -0.39 is 0 Å². The fourth-order valence-corrected chi connectivity index (χ4v) is 2.27. The summed E-state index contributed by atoms with van der Waals surface area (Å²) in [6.45, 7) is 2.26. The van der Waals surface area contributed by atoms with Crippen LogP contribution in [0, 0.1) is 17.8 Å². The molecule has 0 heterocycles.